The lowest BCUT2D eigenvalue weighted by Crippen LogP contribution is -2.28. The van der Waals surface area contributed by atoms with Crippen molar-refractivity contribution in [1.82, 2.24) is 9.80 Å². The molecule has 5 rings (SSSR count). The summed E-state index contributed by atoms with van der Waals surface area (Å²) in [5.41, 5.74) is 3.90. The fourth-order valence-corrected chi connectivity index (χ4v) is 9.48. The lowest BCUT2D eigenvalue weighted by atomic mass is 10.0. The van der Waals surface area contributed by atoms with Crippen molar-refractivity contribution in [3.8, 4) is 22.6 Å². The Bertz CT molecular complexity index is 2260. The van der Waals surface area contributed by atoms with E-state index < -0.39 is 11.9 Å². The van der Waals surface area contributed by atoms with Crippen LogP contribution in [0.15, 0.2) is 53.0 Å². The van der Waals surface area contributed by atoms with Crippen molar-refractivity contribution >= 4 is 92.5 Å². The van der Waals surface area contributed by atoms with Gasteiger partial charge in [0.05, 0.1) is 27.1 Å². The Labute approximate surface area is 387 Å². The normalized spacial score (nSPS) is 10.8. The summed E-state index contributed by atoms with van der Waals surface area (Å²) < 4.78 is 35.3. The van der Waals surface area contributed by atoms with Crippen molar-refractivity contribution in [2.75, 3.05) is 76.3 Å². The number of fused-ring (bicyclic) bond motifs is 2. The second-order valence-electron chi connectivity index (χ2n) is 13.6. The fraction of sp³-hybridized carbons (Fsp3) is 0.447. The van der Waals surface area contributed by atoms with E-state index in [1.165, 1.54) is 42.1 Å². The number of esters is 2. The Morgan fingerprint density at radius 1 is 0.661 bits per heavy atom. The van der Waals surface area contributed by atoms with Crippen LogP contribution in [-0.4, -0.2) is 99.2 Å². The van der Waals surface area contributed by atoms with Gasteiger partial charge in [0, 0.05) is 46.2 Å². The summed E-state index contributed by atoms with van der Waals surface area (Å²) in [6.07, 6.45) is 0. The molecule has 62 heavy (non-hydrogen) atoms. The highest BCUT2D eigenvalue weighted by Gasteiger charge is 2.26. The van der Waals surface area contributed by atoms with Gasteiger partial charge in [-0.05, 0) is 80.6 Å². The van der Waals surface area contributed by atoms with Crippen LogP contribution < -0.4 is 20.1 Å². The van der Waals surface area contributed by atoms with Crippen molar-refractivity contribution < 1.29 is 41.1 Å². The predicted molar refractivity (Wildman–Crippen MR) is 264 cm³/mol. The molecule has 0 radical (unpaired) electrons. The van der Waals surface area contributed by atoms with E-state index in [1.807, 2.05) is 24.3 Å². The number of likely N-dealkylation sites (N-methyl/N-ethyl adjacent to an activating group) is 2. The molecule has 15 heteroatoms. The number of ether oxygens (including phenoxy) is 4. The number of hydrogen-bond donors (Lipinski definition) is 2. The van der Waals surface area contributed by atoms with E-state index in [2.05, 4.69) is 95.2 Å². The number of nitrogens with zero attached hydrogens (tertiary/aromatic N) is 2. The number of thiophene rings is 2. The lowest BCUT2D eigenvalue weighted by Gasteiger charge is -2.19. The quantitative estimate of drug-likeness (QED) is 0.0770. The van der Waals surface area contributed by atoms with Crippen LogP contribution in [0.3, 0.4) is 0 Å². The van der Waals surface area contributed by atoms with Gasteiger partial charge in [0.25, 0.3) is 0 Å². The van der Waals surface area contributed by atoms with E-state index in [0.29, 0.717) is 45.5 Å². The average molecular weight is 963 g/mol. The summed E-state index contributed by atoms with van der Waals surface area (Å²) >= 11 is 6.20. The first-order valence-electron chi connectivity index (χ1n) is 21.3. The number of carbonyl (C=O) groups excluding carboxylic acids is 4. The van der Waals surface area contributed by atoms with Crippen molar-refractivity contribution in [3.05, 3.63) is 69.7 Å². The summed E-state index contributed by atoms with van der Waals surface area (Å²) in [7, 11) is 0. The Kier molecular flexibility index (Phi) is 21.9. The minimum atomic E-state index is -0.455. The monoisotopic (exact) mass is 961 g/mol. The van der Waals surface area contributed by atoms with Crippen molar-refractivity contribution in [1.29, 1.82) is 0 Å². The maximum absolute atomic E-state index is 12.8. The molecule has 12 nitrogen and oxygen atoms in total. The molecule has 342 valence electrons. The van der Waals surface area contributed by atoms with Gasteiger partial charge in [-0.3, -0.25) is 9.59 Å². The molecule has 0 aliphatic rings. The van der Waals surface area contributed by atoms with E-state index >= 15 is 0 Å². The Morgan fingerprint density at radius 3 is 1.50 bits per heavy atom. The highest BCUT2D eigenvalue weighted by atomic mass is 79.9. The maximum Gasteiger partial charge on any atom is 0.341 e. The number of halogens is 1. The van der Waals surface area contributed by atoms with E-state index in [9.17, 15) is 19.2 Å². The summed E-state index contributed by atoms with van der Waals surface area (Å²) in [6, 6.07) is 15.9. The molecule has 0 spiro atoms. The molecule has 0 fully saturated rings. The second kappa shape index (κ2) is 26.2. The van der Waals surface area contributed by atoms with Crippen LogP contribution in [0.2, 0.25) is 0 Å². The third-order valence-electron chi connectivity index (χ3n) is 9.57. The lowest BCUT2D eigenvalue weighted by molar-refractivity contribution is -0.115. The van der Waals surface area contributed by atoms with Crippen molar-refractivity contribution in [3.63, 3.8) is 0 Å². The first-order chi connectivity index (χ1) is 29.8. The third kappa shape index (κ3) is 13.7. The first kappa shape index (κ1) is 51.8. The Balaban J connectivity index is 0.000000609. The fourth-order valence-electron chi connectivity index (χ4n) is 6.43. The van der Waals surface area contributed by atoms with Gasteiger partial charge in [-0.25, -0.2) is 9.59 Å². The molecule has 5 aromatic rings. The van der Waals surface area contributed by atoms with Crippen LogP contribution in [0.5, 0.6) is 11.5 Å². The number of hydrogen-bond acceptors (Lipinski definition) is 12. The molecule has 2 aromatic heterocycles. The third-order valence-corrected chi connectivity index (χ3v) is 12.4. The SMILES string of the molecule is C.C.CCOC(=O)c1c(NC(C)=O)sc2c(OCCN(CC)CC)c(-c3ccc(C)cc3)ccc12.CCOC(=O)c1c(NC(C)=O)sc2c(OCCN(CC)CC)c(Br)ccc12.[2H][3H]. The van der Waals surface area contributed by atoms with Crippen molar-refractivity contribution in [2.45, 2.75) is 77.2 Å². The average Bonchev–Trinajstić information content (AvgIpc) is 3.80. The van der Waals surface area contributed by atoms with Gasteiger partial charge < -0.3 is 39.4 Å². The summed E-state index contributed by atoms with van der Waals surface area (Å²) in [6.45, 7) is 23.9. The van der Waals surface area contributed by atoms with E-state index in [1.54, 1.807) is 13.8 Å². The van der Waals surface area contributed by atoms with Gasteiger partial charge in [-0.2, -0.15) is 0 Å². The molecule has 2 N–H and O–H groups in total. The highest BCUT2D eigenvalue weighted by molar-refractivity contribution is 9.10. The summed E-state index contributed by atoms with van der Waals surface area (Å²) in [5, 5.41) is 7.93. The largest absolute Gasteiger partial charge is 0.490 e. The number of amides is 2. The zero-order chi connectivity index (χ0) is 45.9. The highest BCUT2D eigenvalue weighted by Crippen LogP contribution is 2.47. The van der Waals surface area contributed by atoms with Gasteiger partial charge in [0.15, 0.2) is 5.75 Å². The predicted octanol–water partition coefficient (Wildman–Crippen LogP) is 11.8. The maximum atomic E-state index is 12.8. The minimum Gasteiger partial charge on any atom is -0.490 e. The van der Waals surface area contributed by atoms with Gasteiger partial charge >= 0.3 is 11.9 Å². The zero-order valence-corrected chi connectivity index (χ0v) is 39.3. The number of nitrogens with one attached hydrogen (secondary N) is 2. The molecular weight excluding hydrogens is 893 g/mol. The van der Waals surface area contributed by atoms with Gasteiger partial charge in [-0.1, -0.05) is 84.5 Å². The molecule has 0 saturated carbocycles. The summed E-state index contributed by atoms with van der Waals surface area (Å²) in [5.74, 6) is 0.00101. The van der Waals surface area contributed by atoms with Crippen LogP contribution in [0, 0.1) is 6.92 Å². The number of carbonyl (C=O) groups is 4. The standard InChI is InChI=1S/C26H32N2O4S.C19H25BrN2O4S.2CH4.H2/c1-6-28(7-2)15-16-32-23-20(19-11-9-17(4)10-12-19)13-14-21-22(26(30)31-8-3)25(27-18(5)29)33-24(21)23;1-5-22(6-2)10-11-26-16-14(20)9-8-13-15(19(24)25-7-3)18(21-12(4)23)27-17(13)16;;;/h9-14H,6-8,15-16H2,1-5H3,(H,27,29);8-9H,5-7,10-11H2,1-4H3,(H,21,23);2*1H4;1H/i;;;;1+2D. The van der Waals surface area contributed by atoms with Crippen molar-refractivity contribution in [2.24, 2.45) is 0 Å². The minimum absolute atomic E-state index is 0. The van der Waals surface area contributed by atoms with Crippen LogP contribution in [0.25, 0.3) is 31.3 Å². The molecule has 0 atom stereocenters. The van der Waals surface area contributed by atoms with Crippen LogP contribution >= 0.6 is 38.6 Å². The zero-order valence-electron chi connectivity index (χ0n) is 38.0. The molecule has 2 amide bonds. The van der Waals surface area contributed by atoms with E-state index in [-0.39, 0.29) is 39.9 Å². The van der Waals surface area contributed by atoms with Crippen LogP contribution in [0.1, 0.15) is 99.5 Å². The van der Waals surface area contributed by atoms with Crippen LogP contribution in [-0.2, 0) is 19.1 Å². The molecule has 0 bridgehead atoms. The second-order valence-corrected chi connectivity index (χ2v) is 16.5. The topological polar surface area (TPSA) is 136 Å². The molecule has 0 unspecified atom stereocenters. The number of anilines is 2. The molecule has 0 aliphatic heterocycles. The van der Waals surface area contributed by atoms with Gasteiger partial charge in [-0.15, -0.1) is 22.7 Å². The Hall–Kier alpha value is -4.54. The molecule has 0 aliphatic carbocycles. The molecule has 0 saturated heterocycles. The number of aryl methyl sites for hydroxylation is 1. The van der Waals surface area contributed by atoms with E-state index in [0.717, 1.165) is 75.4 Å². The number of rotatable bonds is 19. The number of benzene rings is 3. The summed E-state index contributed by atoms with van der Waals surface area (Å²) in [4.78, 5) is 53.3. The molecule has 3 aromatic carbocycles. The first-order valence-corrected chi connectivity index (χ1v) is 22.8. The van der Waals surface area contributed by atoms with Gasteiger partial charge in [0.1, 0.15) is 40.1 Å². The molecular formula is C47H67BrN4O8S2. The van der Waals surface area contributed by atoms with Gasteiger partial charge in [0.2, 0.25) is 11.8 Å². The smallest absolute Gasteiger partial charge is 0.341 e. The Morgan fingerprint density at radius 2 is 1.08 bits per heavy atom. The van der Waals surface area contributed by atoms with Crippen LogP contribution in [0.4, 0.5) is 10.0 Å². The van der Waals surface area contributed by atoms with E-state index in [4.69, 9.17) is 21.9 Å². The molecule has 2 heterocycles.